The van der Waals surface area contributed by atoms with Crippen LogP contribution in [-0.2, 0) is 13.1 Å². The van der Waals surface area contributed by atoms with Gasteiger partial charge in [0, 0.05) is 25.4 Å². The standard InChI is InChI=1S/C16H14FN5O2.C9H9NO/c1-9-5-11(3-4-12(9)17)7-18-15(24)13-6-14(10(2)23)22-16(21-13)19-8-20-22;10-6-7-1-2-9-8(5-7)3-4-11-9/h3-6,8H,7H2,1-2H3,(H,18,24);1-5H,6,10H2. The van der Waals surface area contributed by atoms with Crippen molar-refractivity contribution in [3.05, 3.63) is 95.0 Å². The van der Waals surface area contributed by atoms with E-state index in [2.05, 4.69) is 20.4 Å². The van der Waals surface area contributed by atoms with Crippen molar-refractivity contribution in [1.29, 1.82) is 0 Å². The van der Waals surface area contributed by atoms with Crippen LogP contribution in [0.5, 0.6) is 0 Å². The molecule has 9 nitrogen and oxygen atoms in total. The number of nitrogens with zero attached hydrogens (tertiary/aromatic N) is 4. The molecule has 0 bridgehead atoms. The number of fused-ring (bicyclic) bond motifs is 2. The van der Waals surface area contributed by atoms with E-state index >= 15 is 0 Å². The third kappa shape index (κ3) is 5.39. The number of hydrogen-bond acceptors (Lipinski definition) is 7. The lowest BCUT2D eigenvalue weighted by atomic mass is 10.1. The van der Waals surface area contributed by atoms with Gasteiger partial charge in [-0.3, -0.25) is 9.59 Å². The Morgan fingerprint density at radius 1 is 1.11 bits per heavy atom. The fourth-order valence-electron chi connectivity index (χ4n) is 3.41. The number of Topliss-reactive ketones (excluding diaryl/α,β-unsaturated/α-hetero) is 1. The Morgan fingerprint density at radius 3 is 2.66 bits per heavy atom. The largest absolute Gasteiger partial charge is 0.464 e. The maximum atomic E-state index is 13.3. The van der Waals surface area contributed by atoms with E-state index in [1.807, 2.05) is 24.3 Å². The maximum absolute atomic E-state index is 13.3. The zero-order valence-corrected chi connectivity index (χ0v) is 19.2. The molecule has 3 N–H and O–H groups in total. The molecular weight excluding hydrogens is 451 g/mol. The molecule has 35 heavy (non-hydrogen) atoms. The molecule has 10 heteroatoms. The van der Waals surface area contributed by atoms with Crippen molar-refractivity contribution in [1.82, 2.24) is 24.9 Å². The van der Waals surface area contributed by atoms with E-state index in [0.717, 1.165) is 22.1 Å². The van der Waals surface area contributed by atoms with Crippen molar-refractivity contribution in [2.24, 2.45) is 5.73 Å². The Bertz CT molecular complexity index is 1520. The van der Waals surface area contributed by atoms with Crippen LogP contribution in [0.3, 0.4) is 0 Å². The molecule has 3 heterocycles. The van der Waals surface area contributed by atoms with E-state index in [-0.39, 0.29) is 35.3 Å². The zero-order valence-electron chi connectivity index (χ0n) is 19.2. The number of aryl methyl sites for hydroxylation is 1. The molecule has 0 fully saturated rings. The van der Waals surface area contributed by atoms with E-state index < -0.39 is 5.91 Å². The summed E-state index contributed by atoms with van der Waals surface area (Å²) in [7, 11) is 0. The van der Waals surface area contributed by atoms with Gasteiger partial charge in [0.1, 0.15) is 29.1 Å². The van der Waals surface area contributed by atoms with Gasteiger partial charge < -0.3 is 15.5 Å². The molecule has 5 rings (SSSR count). The topological polar surface area (TPSA) is 128 Å². The van der Waals surface area contributed by atoms with Crippen LogP contribution in [-0.4, -0.2) is 31.3 Å². The number of carbonyl (C=O) groups excluding carboxylic acids is 2. The van der Waals surface area contributed by atoms with Crippen molar-refractivity contribution >= 4 is 28.4 Å². The number of ketones is 1. The Balaban J connectivity index is 0.000000218. The molecule has 0 saturated heterocycles. The minimum atomic E-state index is -0.454. The molecule has 3 aromatic heterocycles. The molecule has 0 saturated carbocycles. The average molecular weight is 474 g/mol. The molecule has 2 aromatic carbocycles. The first-order valence-electron chi connectivity index (χ1n) is 10.8. The number of furan rings is 1. The highest BCUT2D eigenvalue weighted by Crippen LogP contribution is 2.16. The number of rotatable bonds is 5. The summed E-state index contributed by atoms with van der Waals surface area (Å²) in [6, 6.07) is 13.9. The van der Waals surface area contributed by atoms with Gasteiger partial charge >= 0.3 is 0 Å². The van der Waals surface area contributed by atoms with E-state index in [9.17, 15) is 14.0 Å². The first kappa shape index (κ1) is 23.7. The third-order valence-corrected chi connectivity index (χ3v) is 5.27. The number of hydrogen-bond donors (Lipinski definition) is 2. The molecule has 178 valence electrons. The summed E-state index contributed by atoms with van der Waals surface area (Å²) in [6.45, 7) is 3.83. The predicted molar refractivity (Wildman–Crippen MR) is 127 cm³/mol. The molecule has 0 spiro atoms. The second kappa shape index (κ2) is 10.2. The number of halogens is 1. The van der Waals surface area contributed by atoms with Crippen LogP contribution in [0.4, 0.5) is 4.39 Å². The van der Waals surface area contributed by atoms with Gasteiger partial charge in [0.15, 0.2) is 5.78 Å². The molecule has 1 amide bonds. The normalized spacial score (nSPS) is 10.7. The lowest BCUT2D eigenvalue weighted by Crippen LogP contribution is -2.25. The quantitative estimate of drug-likeness (QED) is 0.373. The highest BCUT2D eigenvalue weighted by atomic mass is 19.1. The number of nitrogens with two attached hydrogens (primary N) is 1. The van der Waals surface area contributed by atoms with Crippen LogP contribution in [0.15, 0.2) is 65.5 Å². The van der Waals surface area contributed by atoms with E-state index in [0.29, 0.717) is 12.1 Å². The van der Waals surface area contributed by atoms with E-state index in [1.165, 1.54) is 29.9 Å². The number of aromatic nitrogens is 4. The Kier molecular flexibility index (Phi) is 6.93. The molecular formula is C25H23FN6O3. The molecule has 0 aliphatic rings. The van der Waals surface area contributed by atoms with Crippen LogP contribution in [0.25, 0.3) is 16.7 Å². The number of carbonyl (C=O) groups is 2. The summed E-state index contributed by atoms with van der Waals surface area (Å²) in [5.74, 6) is -0.832. The van der Waals surface area contributed by atoms with Gasteiger partial charge in [-0.1, -0.05) is 18.2 Å². The van der Waals surface area contributed by atoms with Gasteiger partial charge in [0.05, 0.1) is 6.26 Å². The fraction of sp³-hybridized carbons (Fsp3) is 0.160. The summed E-state index contributed by atoms with van der Waals surface area (Å²) in [5.41, 5.74) is 9.09. The minimum absolute atomic E-state index is 0.0690. The molecule has 0 aliphatic carbocycles. The van der Waals surface area contributed by atoms with E-state index in [4.69, 9.17) is 10.2 Å². The highest BCUT2D eigenvalue weighted by molar-refractivity contribution is 5.98. The summed E-state index contributed by atoms with van der Waals surface area (Å²) in [4.78, 5) is 32.0. The van der Waals surface area contributed by atoms with Crippen molar-refractivity contribution in [3.63, 3.8) is 0 Å². The van der Waals surface area contributed by atoms with Gasteiger partial charge in [-0.25, -0.2) is 9.37 Å². The second-order valence-corrected chi connectivity index (χ2v) is 7.82. The fourth-order valence-corrected chi connectivity index (χ4v) is 3.41. The van der Waals surface area contributed by atoms with Gasteiger partial charge in [-0.2, -0.15) is 14.6 Å². The molecule has 0 unspecified atom stereocenters. The van der Waals surface area contributed by atoms with Crippen molar-refractivity contribution < 1.29 is 18.4 Å². The maximum Gasteiger partial charge on any atom is 0.270 e. The predicted octanol–water partition coefficient (Wildman–Crippen LogP) is 3.60. The number of benzene rings is 2. The Hall–Kier alpha value is -4.44. The van der Waals surface area contributed by atoms with Crippen LogP contribution in [0.2, 0.25) is 0 Å². The summed E-state index contributed by atoms with van der Waals surface area (Å²) in [5, 5.41) is 7.72. The third-order valence-electron chi connectivity index (χ3n) is 5.27. The number of amides is 1. The van der Waals surface area contributed by atoms with Gasteiger partial charge in [0.25, 0.3) is 11.7 Å². The summed E-state index contributed by atoms with van der Waals surface area (Å²) >= 11 is 0. The summed E-state index contributed by atoms with van der Waals surface area (Å²) < 4.78 is 19.7. The monoisotopic (exact) mass is 474 g/mol. The average Bonchev–Trinajstić information content (AvgIpc) is 3.53. The first-order valence-corrected chi connectivity index (χ1v) is 10.8. The SMILES string of the molecule is CC(=O)c1cc(C(=O)NCc2ccc(F)c(C)c2)nc2ncnn12.NCc1ccc2occc2c1. The van der Waals surface area contributed by atoms with Gasteiger partial charge in [0.2, 0.25) is 0 Å². The lowest BCUT2D eigenvalue weighted by Gasteiger charge is -2.07. The van der Waals surface area contributed by atoms with Crippen LogP contribution >= 0.6 is 0 Å². The lowest BCUT2D eigenvalue weighted by molar-refractivity contribution is 0.0946. The van der Waals surface area contributed by atoms with Crippen molar-refractivity contribution in [3.8, 4) is 0 Å². The van der Waals surface area contributed by atoms with E-state index in [1.54, 1.807) is 25.3 Å². The first-order chi connectivity index (χ1) is 16.9. The molecule has 5 aromatic rings. The number of nitrogens with one attached hydrogen (secondary N) is 1. The zero-order chi connectivity index (χ0) is 24.9. The second-order valence-electron chi connectivity index (χ2n) is 7.82. The molecule has 0 atom stereocenters. The Labute approximate surface area is 199 Å². The van der Waals surface area contributed by atoms with Crippen molar-refractivity contribution in [2.45, 2.75) is 26.9 Å². The van der Waals surface area contributed by atoms with Crippen molar-refractivity contribution in [2.75, 3.05) is 0 Å². The minimum Gasteiger partial charge on any atom is -0.464 e. The smallest absolute Gasteiger partial charge is 0.270 e. The van der Waals surface area contributed by atoms with Crippen LogP contribution in [0.1, 0.15) is 44.6 Å². The van der Waals surface area contributed by atoms with Crippen LogP contribution in [0, 0.1) is 12.7 Å². The van der Waals surface area contributed by atoms with Gasteiger partial charge in [-0.05, 0) is 53.9 Å². The molecule has 0 radical (unpaired) electrons. The molecule has 0 aliphatic heterocycles. The summed E-state index contributed by atoms with van der Waals surface area (Å²) in [6.07, 6.45) is 2.95. The highest BCUT2D eigenvalue weighted by Gasteiger charge is 2.15. The Morgan fingerprint density at radius 2 is 1.91 bits per heavy atom. The van der Waals surface area contributed by atoms with Crippen LogP contribution < -0.4 is 11.1 Å². The van der Waals surface area contributed by atoms with Gasteiger partial charge in [-0.15, -0.1) is 0 Å².